The van der Waals surface area contributed by atoms with E-state index in [-0.39, 0.29) is 37.9 Å². The normalized spacial score (nSPS) is 14.5. The minimum Gasteiger partial charge on any atom is -0.461 e. The maximum absolute atomic E-state index is 14.4. The summed E-state index contributed by atoms with van der Waals surface area (Å²) < 4.78 is 23.0. The van der Waals surface area contributed by atoms with E-state index in [0.29, 0.717) is 12.8 Å². The molecule has 0 saturated heterocycles. The van der Waals surface area contributed by atoms with Crippen molar-refractivity contribution in [3.05, 3.63) is 95.6 Å². The van der Waals surface area contributed by atoms with Crippen molar-refractivity contribution in [3.8, 4) is 11.1 Å². The monoisotopic (exact) mass is 1050 g/mol. The van der Waals surface area contributed by atoms with Crippen LogP contribution in [0.4, 0.5) is 4.79 Å². The predicted octanol–water partition coefficient (Wildman–Crippen LogP) is 10.8. The fourth-order valence-electron chi connectivity index (χ4n) is 9.33. The van der Waals surface area contributed by atoms with Crippen LogP contribution in [-0.4, -0.2) is 84.2 Å². The molecule has 15 nitrogen and oxygen atoms in total. The van der Waals surface area contributed by atoms with Crippen LogP contribution in [0.2, 0.25) is 0 Å². The zero-order valence-corrected chi connectivity index (χ0v) is 47.0. The number of hydrogen-bond acceptors (Lipinski definition) is 11. The quantitative estimate of drug-likeness (QED) is 0.0263. The summed E-state index contributed by atoms with van der Waals surface area (Å²) in [4.78, 5) is 97.2. The second-order valence-electron chi connectivity index (χ2n) is 22.1. The number of amides is 4. The Bertz CT molecular complexity index is 2280. The largest absolute Gasteiger partial charge is 0.461 e. The highest BCUT2D eigenvalue weighted by atomic mass is 16.6. The Morgan fingerprint density at radius 3 is 1.70 bits per heavy atom. The first kappa shape index (κ1) is 62.3. The summed E-state index contributed by atoms with van der Waals surface area (Å²) in [6, 6.07) is 20.0. The number of fused-ring (bicyclic) bond motifs is 3. The molecule has 0 saturated carbocycles. The molecule has 1 aliphatic carbocycles. The standard InChI is InChI=1S/C61H88N4O11/c1-11-13-14-15-16-17-18-19-23-30-44(36-52(66)73-38-43-28-21-20-22-29-43)75-59(71)55(42(7)12-2)64-57(69)50(35-40(3)4)62-56(68)51(37-53(67)76-61(8,9)10)63-58(70)54(41(5)6)65-60(72)74-39-49-47-33-26-24-31-45(47)46-32-25-27-34-48(46)49/h20-22,24-29,31-34,40-42,44,49-51,54-55H,11-19,23,30,35-39H2,1-10H3,(H,62,68)(H,63,70)(H,64,69)(H,65,72)/t42-,44?,50-,51-,54-,55-/m0/s1. The van der Waals surface area contributed by atoms with E-state index >= 15 is 0 Å². The highest BCUT2D eigenvalue weighted by molar-refractivity contribution is 5.96. The molecule has 1 aliphatic rings. The molecule has 0 heterocycles. The van der Waals surface area contributed by atoms with Crippen LogP contribution in [0, 0.1) is 17.8 Å². The summed E-state index contributed by atoms with van der Waals surface area (Å²) in [6.45, 7) is 18.1. The number of unbranched alkanes of at least 4 members (excludes halogenated alkanes) is 8. The van der Waals surface area contributed by atoms with Gasteiger partial charge in [-0.25, -0.2) is 9.59 Å². The fraction of sp³-hybridized carbons (Fsp3) is 0.590. The first-order valence-corrected chi connectivity index (χ1v) is 27.9. The summed E-state index contributed by atoms with van der Waals surface area (Å²) in [5.74, 6) is -5.59. The molecule has 418 valence electrons. The van der Waals surface area contributed by atoms with E-state index < -0.39 is 95.9 Å². The van der Waals surface area contributed by atoms with Crippen molar-refractivity contribution in [3.63, 3.8) is 0 Å². The number of nitrogens with one attached hydrogen (secondary N) is 4. The summed E-state index contributed by atoms with van der Waals surface area (Å²) in [5.41, 5.74) is 4.06. The molecule has 4 amide bonds. The van der Waals surface area contributed by atoms with E-state index in [1.54, 1.807) is 41.5 Å². The summed E-state index contributed by atoms with van der Waals surface area (Å²) in [7, 11) is 0. The number of rotatable bonds is 32. The van der Waals surface area contributed by atoms with Gasteiger partial charge in [-0.05, 0) is 85.6 Å². The van der Waals surface area contributed by atoms with Crippen LogP contribution in [0.25, 0.3) is 11.1 Å². The maximum Gasteiger partial charge on any atom is 0.407 e. The molecule has 0 spiro atoms. The number of alkyl carbamates (subject to hydrolysis) is 1. The molecular formula is C61H88N4O11. The Kier molecular flexibility index (Phi) is 26.0. The lowest BCUT2D eigenvalue weighted by Crippen LogP contribution is -2.59. The number of ether oxygens (including phenoxy) is 4. The van der Waals surface area contributed by atoms with Crippen molar-refractivity contribution >= 4 is 41.7 Å². The van der Waals surface area contributed by atoms with Gasteiger partial charge in [0.05, 0.1) is 12.8 Å². The third-order valence-electron chi connectivity index (χ3n) is 13.6. The Morgan fingerprint density at radius 2 is 1.13 bits per heavy atom. The Morgan fingerprint density at radius 1 is 0.579 bits per heavy atom. The lowest BCUT2D eigenvalue weighted by Gasteiger charge is -2.30. The second-order valence-corrected chi connectivity index (χ2v) is 22.1. The second kappa shape index (κ2) is 31.7. The predicted molar refractivity (Wildman–Crippen MR) is 295 cm³/mol. The van der Waals surface area contributed by atoms with Crippen LogP contribution in [0.3, 0.4) is 0 Å². The molecule has 0 fully saturated rings. The number of carbonyl (C=O) groups excluding carboxylic acids is 7. The van der Waals surface area contributed by atoms with E-state index in [0.717, 1.165) is 53.5 Å². The molecule has 0 bridgehead atoms. The van der Waals surface area contributed by atoms with E-state index in [1.165, 1.54) is 32.1 Å². The van der Waals surface area contributed by atoms with Gasteiger partial charge in [-0.15, -0.1) is 0 Å². The van der Waals surface area contributed by atoms with Gasteiger partial charge < -0.3 is 40.2 Å². The number of benzene rings is 3. The first-order valence-electron chi connectivity index (χ1n) is 27.9. The summed E-state index contributed by atoms with van der Waals surface area (Å²) >= 11 is 0. The molecule has 3 aromatic rings. The van der Waals surface area contributed by atoms with E-state index in [2.05, 4.69) is 28.2 Å². The van der Waals surface area contributed by atoms with Crippen LogP contribution < -0.4 is 21.3 Å². The smallest absolute Gasteiger partial charge is 0.407 e. The van der Waals surface area contributed by atoms with Gasteiger partial charge in [0.25, 0.3) is 0 Å². The maximum atomic E-state index is 14.4. The van der Waals surface area contributed by atoms with Crippen LogP contribution in [-0.2, 0) is 54.3 Å². The highest BCUT2D eigenvalue weighted by Gasteiger charge is 2.37. The van der Waals surface area contributed by atoms with E-state index in [9.17, 15) is 33.6 Å². The van der Waals surface area contributed by atoms with E-state index in [4.69, 9.17) is 18.9 Å². The topological polar surface area (TPSA) is 205 Å². The Hall–Kier alpha value is -6.25. The highest BCUT2D eigenvalue weighted by Crippen LogP contribution is 2.44. The zero-order valence-electron chi connectivity index (χ0n) is 47.0. The van der Waals surface area contributed by atoms with Gasteiger partial charge in [-0.1, -0.05) is 185 Å². The third kappa shape index (κ3) is 21.1. The summed E-state index contributed by atoms with van der Waals surface area (Å²) in [5, 5.41) is 10.9. The van der Waals surface area contributed by atoms with Crippen LogP contribution in [0.1, 0.15) is 182 Å². The van der Waals surface area contributed by atoms with Gasteiger partial charge in [-0.3, -0.25) is 24.0 Å². The Balaban J connectivity index is 1.48. The average molecular weight is 1050 g/mol. The molecule has 0 aliphatic heterocycles. The van der Waals surface area contributed by atoms with Gasteiger partial charge in [0.1, 0.15) is 49.1 Å². The van der Waals surface area contributed by atoms with E-state index in [1.807, 2.05) is 99.6 Å². The average Bonchev–Trinajstić information content (AvgIpc) is 3.69. The number of esters is 3. The lowest BCUT2D eigenvalue weighted by atomic mass is 9.97. The number of carbonyl (C=O) groups is 7. The van der Waals surface area contributed by atoms with Gasteiger partial charge in [-0.2, -0.15) is 0 Å². The van der Waals surface area contributed by atoms with Gasteiger partial charge in [0.15, 0.2) is 0 Å². The lowest BCUT2D eigenvalue weighted by molar-refractivity contribution is -0.160. The van der Waals surface area contributed by atoms with Crippen LogP contribution in [0.5, 0.6) is 0 Å². The zero-order chi connectivity index (χ0) is 55.8. The van der Waals surface area contributed by atoms with Crippen molar-refractivity contribution < 1.29 is 52.5 Å². The van der Waals surface area contributed by atoms with Crippen molar-refractivity contribution in [1.29, 1.82) is 0 Å². The van der Waals surface area contributed by atoms with Gasteiger partial charge in [0, 0.05) is 5.92 Å². The fourth-order valence-corrected chi connectivity index (χ4v) is 9.33. The molecule has 4 rings (SSSR count). The minimum atomic E-state index is -1.55. The Labute approximate surface area is 452 Å². The van der Waals surface area contributed by atoms with Crippen molar-refractivity contribution in [2.45, 2.75) is 208 Å². The first-order chi connectivity index (χ1) is 36.2. The van der Waals surface area contributed by atoms with Crippen molar-refractivity contribution in [2.24, 2.45) is 17.8 Å². The SMILES string of the molecule is CCCCCCCCCCCC(CC(=O)OCc1ccccc1)OC(=O)[C@@H](NC(=O)[C@H](CC(C)C)NC(=O)[C@H](CC(=O)OC(C)(C)C)NC(=O)[C@@H](NC(=O)OCC1c2ccccc2-c2ccccc21)C(C)C)[C@@H](C)CC. The molecule has 3 aromatic carbocycles. The van der Waals surface area contributed by atoms with Crippen molar-refractivity contribution in [1.82, 2.24) is 21.3 Å². The summed E-state index contributed by atoms with van der Waals surface area (Å²) in [6.07, 6.45) is 8.43. The molecule has 1 unspecified atom stereocenters. The molecule has 0 aromatic heterocycles. The molecule has 6 atom stereocenters. The molecule has 0 radical (unpaired) electrons. The third-order valence-corrected chi connectivity index (χ3v) is 13.6. The van der Waals surface area contributed by atoms with Gasteiger partial charge >= 0.3 is 24.0 Å². The molecular weight excluding hydrogens is 965 g/mol. The van der Waals surface area contributed by atoms with Crippen LogP contribution in [0.15, 0.2) is 78.9 Å². The van der Waals surface area contributed by atoms with Crippen LogP contribution >= 0.6 is 0 Å². The molecule has 4 N–H and O–H groups in total. The van der Waals surface area contributed by atoms with Crippen molar-refractivity contribution in [2.75, 3.05) is 6.61 Å². The molecule has 76 heavy (non-hydrogen) atoms. The van der Waals surface area contributed by atoms with Gasteiger partial charge in [0.2, 0.25) is 17.7 Å². The minimum absolute atomic E-state index is 0.00858. The molecule has 15 heteroatoms. The number of hydrogen-bond donors (Lipinski definition) is 4.